The summed E-state index contributed by atoms with van der Waals surface area (Å²) in [7, 11) is 0. The Hall–Kier alpha value is -4.85. The van der Waals surface area contributed by atoms with Crippen LogP contribution in [-0.4, -0.2) is 75.4 Å². The molecule has 2 aliphatic rings. The third-order valence-corrected chi connectivity index (χ3v) is 9.30. The van der Waals surface area contributed by atoms with Crippen LogP contribution in [0.1, 0.15) is 49.1 Å². The lowest BCUT2D eigenvalue weighted by Crippen LogP contribution is -2.43. The van der Waals surface area contributed by atoms with E-state index >= 15 is 0 Å². The van der Waals surface area contributed by atoms with Gasteiger partial charge in [0.1, 0.15) is 18.4 Å². The van der Waals surface area contributed by atoms with E-state index in [1.807, 2.05) is 35.2 Å². The lowest BCUT2D eigenvalue weighted by atomic mass is 9.76. The van der Waals surface area contributed by atoms with Crippen molar-refractivity contribution in [2.75, 3.05) is 31.1 Å². The Morgan fingerprint density at radius 1 is 1.06 bits per heavy atom. The number of nitrogens with zero attached hydrogens (tertiary/aromatic N) is 6. The summed E-state index contributed by atoms with van der Waals surface area (Å²) < 4.78 is 61.6. The molecule has 6 rings (SSSR count). The molecular formula is C35H36ClF3N6O5. The number of esters is 1. The highest BCUT2D eigenvalue weighted by Crippen LogP contribution is 2.45. The third kappa shape index (κ3) is 7.80. The van der Waals surface area contributed by atoms with Crippen LogP contribution in [0, 0.1) is 12.3 Å². The van der Waals surface area contributed by atoms with Crippen LogP contribution in [0.3, 0.4) is 0 Å². The topological polar surface area (TPSA) is 112 Å². The highest BCUT2D eigenvalue weighted by Gasteiger charge is 2.51. The number of carbonyl (C=O) groups excluding carboxylic acids is 2. The zero-order valence-corrected chi connectivity index (χ0v) is 28.2. The molecule has 2 atom stereocenters. The van der Waals surface area contributed by atoms with Gasteiger partial charge in [-0.1, -0.05) is 48.0 Å². The second kappa shape index (κ2) is 14.6. The van der Waals surface area contributed by atoms with Crippen molar-refractivity contribution in [2.24, 2.45) is 5.41 Å². The van der Waals surface area contributed by atoms with Gasteiger partial charge in [0, 0.05) is 42.5 Å². The number of halogens is 4. The summed E-state index contributed by atoms with van der Waals surface area (Å²) in [5, 5.41) is 12.7. The van der Waals surface area contributed by atoms with Crippen molar-refractivity contribution in [3.63, 3.8) is 0 Å². The SMILES string of the molecule is CCOC(=O)[C@@H]1CC2(CCN(c3cc(O[C@H](c4ccc(Cl)cc4-n4ccc(C)n4)C(F)(F)F)cnn3)CC2)CN1C(=O)OCc1ccccc1. The standard InChI is InChI=1S/C35H36ClF3N6O5/c1-3-48-32(46)29-19-34(22-44(29)33(47)49-21-24-7-5-4-6-8-24)12-15-43(16-13-34)30-18-26(20-40-41-30)50-31(35(37,38)39)27-10-9-25(36)17-28(27)45-14-11-23(2)42-45/h4-11,14,17-18,20,29,31H,3,12-13,15-16,19,21-22H2,1-2H3/t29-,31+/m0/s1. The van der Waals surface area contributed by atoms with Crippen molar-refractivity contribution in [2.45, 2.75) is 58.0 Å². The third-order valence-electron chi connectivity index (χ3n) is 9.07. The molecule has 4 heterocycles. The summed E-state index contributed by atoms with van der Waals surface area (Å²) in [5.74, 6) is -0.257. The van der Waals surface area contributed by atoms with Gasteiger partial charge in [-0.2, -0.15) is 23.4 Å². The molecule has 50 heavy (non-hydrogen) atoms. The number of hydrogen-bond donors (Lipinski definition) is 0. The number of likely N-dealkylation sites (tertiary alicyclic amines) is 1. The Morgan fingerprint density at radius 3 is 2.50 bits per heavy atom. The van der Waals surface area contributed by atoms with Gasteiger partial charge in [0.15, 0.2) is 5.82 Å². The number of rotatable bonds is 9. The molecule has 2 aromatic carbocycles. The van der Waals surface area contributed by atoms with Crippen LogP contribution < -0.4 is 9.64 Å². The van der Waals surface area contributed by atoms with Gasteiger partial charge < -0.3 is 19.1 Å². The van der Waals surface area contributed by atoms with Crippen LogP contribution in [0.15, 0.2) is 73.1 Å². The number of piperidine rings is 1. The normalized spacial score (nSPS) is 17.8. The van der Waals surface area contributed by atoms with E-state index < -0.39 is 35.8 Å². The highest BCUT2D eigenvalue weighted by molar-refractivity contribution is 6.30. The average Bonchev–Trinajstić information content (AvgIpc) is 3.71. The Balaban J connectivity index is 1.16. The smallest absolute Gasteiger partial charge is 0.429 e. The summed E-state index contributed by atoms with van der Waals surface area (Å²) in [6, 6.07) is 15.6. The summed E-state index contributed by atoms with van der Waals surface area (Å²) in [6.45, 7) is 4.92. The maximum atomic E-state index is 14.6. The van der Waals surface area contributed by atoms with E-state index in [2.05, 4.69) is 15.3 Å². The number of carbonyl (C=O) groups is 2. The lowest BCUT2D eigenvalue weighted by molar-refractivity contribution is -0.198. The lowest BCUT2D eigenvalue weighted by Gasteiger charge is -2.39. The summed E-state index contributed by atoms with van der Waals surface area (Å²) >= 11 is 6.17. The summed E-state index contributed by atoms with van der Waals surface area (Å²) in [4.78, 5) is 29.6. The summed E-state index contributed by atoms with van der Waals surface area (Å²) in [5.41, 5.74) is 1.01. The van der Waals surface area contributed by atoms with E-state index in [0.29, 0.717) is 50.4 Å². The van der Waals surface area contributed by atoms with Crippen molar-refractivity contribution in [3.05, 3.63) is 94.9 Å². The largest absolute Gasteiger partial charge is 0.474 e. The van der Waals surface area contributed by atoms with Crippen LogP contribution in [-0.2, 0) is 20.9 Å². The molecule has 0 N–H and O–H groups in total. The molecule has 2 saturated heterocycles. The second-order valence-electron chi connectivity index (χ2n) is 12.5. The molecule has 0 bridgehead atoms. The number of benzene rings is 2. The maximum absolute atomic E-state index is 14.6. The molecule has 1 amide bonds. The minimum absolute atomic E-state index is 0.0705. The van der Waals surface area contributed by atoms with Gasteiger partial charge in [-0.15, -0.1) is 5.10 Å². The minimum atomic E-state index is -4.79. The monoisotopic (exact) mass is 712 g/mol. The molecule has 0 unspecified atom stereocenters. The first-order chi connectivity index (χ1) is 23.9. The number of alkyl halides is 3. The van der Waals surface area contributed by atoms with Gasteiger partial charge in [0.2, 0.25) is 6.10 Å². The van der Waals surface area contributed by atoms with Crippen molar-refractivity contribution in [1.29, 1.82) is 0 Å². The highest BCUT2D eigenvalue weighted by atomic mass is 35.5. The Kier molecular flexibility index (Phi) is 10.2. The fourth-order valence-electron chi connectivity index (χ4n) is 6.56. The van der Waals surface area contributed by atoms with E-state index in [1.54, 1.807) is 26.1 Å². The summed E-state index contributed by atoms with van der Waals surface area (Å²) in [6.07, 6.45) is -3.47. The Morgan fingerprint density at radius 2 is 1.82 bits per heavy atom. The molecular weight excluding hydrogens is 677 g/mol. The number of aryl methyl sites for hydroxylation is 1. The van der Waals surface area contributed by atoms with Crippen LogP contribution in [0.4, 0.5) is 23.8 Å². The average molecular weight is 713 g/mol. The van der Waals surface area contributed by atoms with E-state index in [1.165, 1.54) is 33.8 Å². The molecule has 2 aromatic heterocycles. The molecule has 2 aliphatic heterocycles. The molecule has 264 valence electrons. The Bertz CT molecular complexity index is 1820. The second-order valence-corrected chi connectivity index (χ2v) is 13.0. The first-order valence-corrected chi connectivity index (χ1v) is 16.6. The van der Waals surface area contributed by atoms with E-state index in [9.17, 15) is 22.8 Å². The molecule has 0 aliphatic carbocycles. The predicted molar refractivity (Wildman–Crippen MR) is 177 cm³/mol. The van der Waals surface area contributed by atoms with E-state index in [-0.39, 0.29) is 35.2 Å². The van der Waals surface area contributed by atoms with Crippen LogP contribution in [0.25, 0.3) is 5.69 Å². The van der Waals surface area contributed by atoms with Crippen molar-refractivity contribution in [1.82, 2.24) is 24.9 Å². The fraction of sp³-hybridized carbons (Fsp3) is 0.400. The zero-order valence-electron chi connectivity index (χ0n) is 27.5. The number of amides is 1. The van der Waals surface area contributed by atoms with Crippen LogP contribution in [0.2, 0.25) is 5.02 Å². The first kappa shape index (κ1) is 35.0. The van der Waals surface area contributed by atoms with Gasteiger partial charge in [-0.25, -0.2) is 14.3 Å². The zero-order chi connectivity index (χ0) is 35.5. The first-order valence-electron chi connectivity index (χ1n) is 16.2. The molecule has 11 nitrogen and oxygen atoms in total. The molecule has 15 heteroatoms. The Labute approximate surface area is 291 Å². The molecule has 2 fully saturated rings. The molecule has 4 aromatic rings. The fourth-order valence-corrected chi connectivity index (χ4v) is 6.72. The van der Waals surface area contributed by atoms with Gasteiger partial charge in [-0.3, -0.25) is 4.90 Å². The number of aromatic nitrogens is 4. The van der Waals surface area contributed by atoms with Crippen molar-refractivity contribution in [3.8, 4) is 11.4 Å². The number of ether oxygens (including phenoxy) is 3. The quantitative estimate of drug-likeness (QED) is 0.172. The van der Waals surface area contributed by atoms with Crippen molar-refractivity contribution < 1.29 is 37.0 Å². The van der Waals surface area contributed by atoms with E-state index in [0.717, 1.165) is 11.8 Å². The van der Waals surface area contributed by atoms with Gasteiger partial charge >= 0.3 is 18.2 Å². The van der Waals surface area contributed by atoms with Crippen LogP contribution in [0.5, 0.6) is 5.75 Å². The molecule has 1 spiro atoms. The predicted octanol–water partition coefficient (Wildman–Crippen LogP) is 6.87. The van der Waals surface area contributed by atoms with E-state index in [4.69, 9.17) is 25.8 Å². The van der Waals surface area contributed by atoms with Crippen molar-refractivity contribution >= 4 is 29.5 Å². The number of anilines is 1. The van der Waals surface area contributed by atoms with Gasteiger partial charge in [0.25, 0.3) is 0 Å². The van der Waals surface area contributed by atoms with Crippen LogP contribution >= 0.6 is 11.6 Å². The number of hydrogen-bond acceptors (Lipinski definition) is 9. The van der Waals surface area contributed by atoms with Gasteiger partial charge in [0.05, 0.1) is 24.2 Å². The molecule has 0 saturated carbocycles. The minimum Gasteiger partial charge on any atom is -0.474 e. The maximum Gasteiger partial charge on any atom is 0.429 e. The van der Waals surface area contributed by atoms with Gasteiger partial charge in [-0.05, 0) is 62.3 Å². The molecule has 0 radical (unpaired) electrons.